The third-order valence-corrected chi connectivity index (χ3v) is 2.01. The van der Waals surface area contributed by atoms with E-state index in [1.165, 1.54) is 19.2 Å². The Labute approximate surface area is 86.7 Å². The molecule has 78 valence electrons. The van der Waals surface area contributed by atoms with Crippen LogP contribution in [0.5, 0.6) is 5.75 Å². The Morgan fingerprint density at radius 3 is 2.80 bits per heavy atom. The van der Waals surface area contributed by atoms with Gasteiger partial charge in [0.15, 0.2) is 0 Å². The largest absolute Gasteiger partial charge is 0.507 e. The van der Waals surface area contributed by atoms with E-state index in [0.29, 0.717) is 0 Å². The second kappa shape index (κ2) is 4.44. The lowest BCUT2D eigenvalue weighted by Crippen LogP contribution is -2.07. The number of nitrogens with two attached hydrogens (primary N) is 1. The summed E-state index contributed by atoms with van der Waals surface area (Å²) in [5, 5.41) is 18.4. The van der Waals surface area contributed by atoms with Crippen LogP contribution in [0.3, 0.4) is 0 Å². The maximum Gasteiger partial charge on any atom is 0.341 e. The third-order valence-electron chi connectivity index (χ3n) is 2.01. The first-order chi connectivity index (χ1) is 7.15. The van der Waals surface area contributed by atoms with Gasteiger partial charge in [0.1, 0.15) is 11.3 Å². The van der Waals surface area contributed by atoms with Crippen molar-refractivity contribution < 1.29 is 14.6 Å². The molecule has 0 bridgehead atoms. The number of esters is 1. The smallest absolute Gasteiger partial charge is 0.341 e. The minimum atomic E-state index is -0.660. The number of phenols is 1. The molecule has 0 aliphatic carbocycles. The van der Waals surface area contributed by atoms with Gasteiger partial charge < -0.3 is 15.6 Å². The lowest BCUT2D eigenvalue weighted by atomic mass is 10.0. The van der Waals surface area contributed by atoms with Crippen molar-refractivity contribution in [3.8, 4) is 11.8 Å². The molecule has 5 nitrogen and oxygen atoms in total. The van der Waals surface area contributed by atoms with Gasteiger partial charge in [0.2, 0.25) is 0 Å². The fourth-order valence-corrected chi connectivity index (χ4v) is 1.22. The van der Waals surface area contributed by atoms with Crippen LogP contribution in [0.25, 0.3) is 0 Å². The van der Waals surface area contributed by atoms with Crippen molar-refractivity contribution >= 4 is 5.97 Å². The molecule has 0 unspecified atom stereocenters. The molecular formula is C10H10N2O3. The SMILES string of the molecule is COC(=O)c1ccc(C#N)c(CN)c1O. The predicted molar refractivity (Wildman–Crippen MR) is 52.1 cm³/mol. The zero-order chi connectivity index (χ0) is 11.4. The summed E-state index contributed by atoms with van der Waals surface area (Å²) in [5.74, 6) is -0.949. The van der Waals surface area contributed by atoms with Gasteiger partial charge in [-0.3, -0.25) is 0 Å². The van der Waals surface area contributed by atoms with E-state index >= 15 is 0 Å². The summed E-state index contributed by atoms with van der Waals surface area (Å²) in [4.78, 5) is 11.2. The Kier molecular flexibility index (Phi) is 3.26. The summed E-state index contributed by atoms with van der Waals surface area (Å²) < 4.78 is 4.47. The monoisotopic (exact) mass is 206 g/mol. The Morgan fingerprint density at radius 2 is 2.33 bits per heavy atom. The van der Waals surface area contributed by atoms with Crippen LogP contribution in [0.15, 0.2) is 12.1 Å². The maximum atomic E-state index is 11.2. The fourth-order valence-electron chi connectivity index (χ4n) is 1.22. The number of rotatable bonds is 2. The Hall–Kier alpha value is -2.06. The maximum absolute atomic E-state index is 11.2. The highest BCUT2D eigenvalue weighted by atomic mass is 16.5. The molecule has 0 atom stereocenters. The number of carbonyl (C=O) groups excluding carboxylic acids is 1. The topological polar surface area (TPSA) is 96.3 Å². The summed E-state index contributed by atoms with van der Waals surface area (Å²) in [6.07, 6.45) is 0. The van der Waals surface area contributed by atoms with Gasteiger partial charge in [-0.2, -0.15) is 5.26 Å². The highest BCUT2D eigenvalue weighted by Crippen LogP contribution is 2.25. The second-order valence-electron chi connectivity index (χ2n) is 2.80. The molecule has 5 heteroatoms. The summed E-state index contributed by atoms with van der Waals surface area (Å²) in [5.41, 5.74) is 5.89. The van der Waals surface area contributed by atoms with Gasteiger partial charge >= 0.3 is 5.97 Å². The van der Waals surface area contributed by atoms with Gasteiger partial charge in [0, 0.05) is 12.1 Å². The van der Waals surface area contributed by atoms with Crippen molar-refractivity contribution in [2.24, 2.45) is 5.73 Å². The van der Waals surface area contributed by atoms with E-state index in [0.717, 1.165) is 0 Å². The van der Waals surface area contributed by atoms with E-state index in [2.05, 4.69) is 4.74 Å². The number of nitriles is 1. The molecule has 0 aliphatic heterocycles. The number of nitrogens with zero attached hydrogens (tertiary/aromatic N) is 1. The molecule has 0 aliphatic rings. The zero-order valence-electron chi connectivity index (χ0n) is 8.15. The molecule has 0 amide bonds. The molecule has 1 rings (SSSR count). The van der Waals surface area contributed by atoms with Gasteiger partial charge in [-0.05, 0) is 12.1 Å². The Balaban J connectivity index is 3.37. The van der Waals surface area contributed by atoms with E-state index in [1.54, 1.807) is 0 Å². The summed E-state index contributed by atoms with van der Waals surface area (Å²) in [6, 6.07) is 4.64. The molecule has 15 heavy (non-hydrogen) atoms. The molecule has 0 saturated heterocycles. The van der Waals surface area contributed by atoms with Gasteiger partial charge in [0.05, 0.1) is 18.7 Å². The normalized spacial score (nSPS) is 9.40. The number of carbonyl (C=O) groups is 1. The Morgan fingerprint density at radius 1 is 1.67 bits per heavy atom. The number of hydrogen-bond donors (Lipinski definition) is 2. The van der Waals surface area contributed by atoms with E-state index in [1.807, 2.05) is 6.07 Å². The first-order valence-electron chi connectivity index (χ1n) is 4.19. The predicted octanol–water partition coefficient (Wildman–Crippen LogP) is 0.509. The molecule has 1 aromatic rings. The van der Waals surface area contributed by atoms with Crippen molar-refractivity contribution in [3.05, 3.63) is 28.8 Å². The standard InChI is InChI=1S/C10H10N2O3/c1-15-10(14)7-3-2-6(4-11)8(5-12)9(7)13/h2-3,13H,5,12H2,1H3. The number of ether oxygens (including phenoxy) is 1. The van der Waals surface area contributed by atoms with Crippen molar-refractivity contribution in [2.75, 3.05) is 7.11 Å². The van der Waals surface area contributed by atoms with Gasteiger partial charge in [-0.1, -0.05) is 0 Å². The van der Waals surface area contributed by atoms with Crippen LogP contribution in [0.1, 0.15) is 21.5 Å². The fraction of sp³-hybridized carbons (Fsp3) is 0.200. The quantitative estimate of drug-likeness (QED) is 0.687. The van der Waals surface area contributed by atoms with Crippen molar-refractivity contribution in [2.45, 2.75) is 6.54 Å². The summed E-state index contributed by atoms with van der Waals surface area (Å²) >= 11 is 0. The molecule has 3 N–H and O–H groups in total. The molecule has 0 radical (unpaired) electrons. The summed E-state index contributed by atoms with van der Waals surface area (Å²) in [7, 11) is 1.21. The molecular weight excluding hydrogens is 196 g/mol. The van der Waals surface area contributed by atoms with Crippen LogP contribution in [0.4, 0.5) is 0 Å². The highest BCUT2D eigenvalue weighted by Gasteiger charge is 2.16. The Bertz CT molecular complexity index is 435. The van der Waals surface area contributed by atoms with Crippen molar-refractivity contribution in [1.29, 1.82) is 5.26 Å². The molecule has 0 fully saturated rings. The average Bonchev–Trinajstić information content (AvgIpc) is 2.27. The zero-order valence-corrected chi connectivity index (χ0v) is 8.15. The lowest BCUT2D eigenvalue weighted by Gasteiger charge is -2.08. The van der Waals surface area contributed by atoms with Crippen molar-refractivity contribution in [1.82, 2.24) is 0 Å². The van der Waals surface area contributed by atoms with Crippen LogP contribution in [-0.2, 0) is 11.3 Å². The molecule has 0 heterocycles. The number of aromatic hydroxyl groups is 1. The van der Waals surface area contributed by atoms with E-state index in [4.69, 9.17) is 11.0 Å². The molecule has 1 aromatic carbocycles. The minimum absolute atomic E-state index is 0.0111. The second-order valence-corrected chi connectivity index (χ2v) is 2.80. The molecule has 0 aromatic heterocycles. The van der Waals surface area contributed by atoms with E-state index < -0.39 is 5.97 Å². The number of methoxy groups -OCH3 is 1. The average molecular weight is 206 g/mol. The number of phenolic OH excluding ortho intramolecular Hbond substituents is 1. The number of benzene rings is 1. The molecule has 0 saturated carbocycles. The molecule has 0 spiro atoms. The first kappa shape index (κ1) is 11.0. The van der Waals surface area contributed by atoms with Crippen LogP contribution >= 0.6 is 0 Å². The van der Waals surface area contributed by atoms with Gasteiger partial charge in [0.25, 0.3) is 0 Å². The van der Waals surface area contributed by atoms with Gasteiger partial charge in [-0.15, -0.1) is 0 Å². The number of hydrogen-bond acceptors (Lipinski definition) is 5. The van der Waals surface area contributed by atoms with Crippen LogP contribution in [0.2, 0.25) is 0 Å². The van der Waals surface area contributed by atoms with Crippen LogP contribution in [0, 0.1) is 11.3 Å². The van der Waals surface area contributed by atoms with E-state index in [9.17, 15) is 9.90 Å². The lowest BCUT2D eigenvalue weighted by molar-refractivity contribution is 0.0597. The van der Waals surface area contributed by atoms with Crippen LogP contribution in [-0.4, -0.2) is 18.2 Å². The highest BCUT2D eigenvalue weighted by molar-refractivity contribution is 5.93. The minimum Gasteiger partial charge on any atom is -0.507 e. The summed E-state index contributed by atoms with van der Waals surface area (Å²) in [6.45, 7) is -0.0143. The van der Waals surface area contributed by atoms with Crippen molar-refractivity contribution in [3.63, 3.8) is 0 Å². The van der Waals surface area contributed by atoms with Gasteiger partial charge in [-0.25, -0.2) is 4.79 Å². The van der Waals surface area contributed by atoms with E-state index in [-0.39, 0.29) is 29.0 Å². The third kappa shape index (κ3) is 1.90. The first-order valence-corrected chi connectivity index (χ1v) is 4.19. The van der Waals surface area contributed by atoms with Crippen LogP contribution < -0.4 is 5.73 Å².